The van der Waals surface area contributed by atoms with Gasteiger partial charge in [0.05, 0.1) is 0 Å². The van der Waals surface area contributed by atoms with Gasteiger partial charge in [0.1, 0.15) is 6.29 Å². The standard InChI is InChI=1S/C10H17NO2/c1-8(2)11(9(3)4)10(13)6-5-7-12/h5-9H,1-4H3/b6-5+. The quantitative estimate of drug-likeness (QED) is 0.488. The number of hydrogen-bond acceptors (Lipinski definition) is 2. The Morgan fingerprint density at radius 1 is 1.15 bits per heavy atom. The zero-order valence-electron chi connectivity index (χ0n) is 8.65. The Bertz CT molecular complexity index is 199. The summed E-state index contributed by atoms with van der Waals surface area (Å²) >= 11 is 0. The summed E-state index contributed by atoms with van der Waals surface area (Å²) in [4.78, 5) is 23.2. The van der Waals surface area contributed by atoms with E-state index in [0.717, 1.165) is 0 Å². The topological polar surface area (TPSA) is 37.4 Å². The number of rotatable bonds is 4. The van der Waals surface area contributed by atoms with Gasteiger partial charge >= 0.3 is 0 Å². The van der Waals surface area contributed by atoms with Gasteiger partial charge in [0, 0.05) is 18.2 Å². The third kappa shape index (κ3) is 3.87. The van der Waals surface area contributed by atoms with Crippen LogP contribution < -0.4 is 0 Å². The third-order valence-electron chi connectivity index (χ3n) is 1.68. The predicted octanol–water partition coefficient (Wildman–Crippen LogP) is 1.39. The lowest BCUT2D eigenvalue weighted by Gasteiger charge is -2.29. The maximum absolute atomic E-state index is 11.5. The predicted molar refractivity (Wildman–Crippen MR) is 52.3 cm³/mol. The number of carbonyl (C=O) groups excluding carboxylic acids is 2. The molecule has 0 aromatic heterocycles. The fraction of sp³-hybridized carbons (Fsp3) is 0.600. The van der Waals surface area contributed by atoms with E-state index >= 15 is 0 Å². The first kappa shape index (κ1) is 11.9. The SMILES string of the molecule is CC(C)N(C(=O)/C=C/C=O)C(C)C. The van der Waals surface area contributed by atoms with Crippen molar-refractivity contribution in [3.8, 4) is 0 Å². The molecular weight excluding hydrogens is 166 g/mol. The number of carbonyl (C=O) groups is 2. The first-order valence-electron chi connectivity index (χ1n) is 4.44. The van der Waals surface area contributed by atoms with Gasteiger partial charge in [-0.1, -0.05) is 0 Å². The molecule has 13 heavy (non-hydrogen) atoms. The zero-order chi connectivity index (χ0) is 10.4. The second-order valence-electron chi connectivity index (χ2n) is 3.43. The summed E-state index contributed by atoms with van der Waals surface area (Å²) in [6, 6.07) is 0.313. The fourth-order valence-corrected chi connectivity index (χ4v) is 1.31. The maximum atomic E-state index is 11.5. The van der Waals surface area contributed by atoms with Crippen LogP contribution in [0.4, 0.5) is 0 Å². The van der Waals surface area contributed by atoms with Crippen LogP contribution in [0, 0.1) is 0 Å². The summed E-state index contributed by atoms with van der Waals surface area (Å²) in [6.45, 7) is 7.80. The maximum Gasteiger partial charge on any atom is 0.247 e. The van der Waals surface area contributed by atoms with Crippen molar-refractivity contribution in [2.45, 2.75) is 39.8 Å². The van der Waals surface area contributed by atoms with Crippen LogP contribution in [-0.4, -0.2) is 29.2 Å². The second-order valence-corrected chi connectivity index (χ2v) is 3.43. The number of hydrogen-bond donors (Lipinski definition) is 0. The molecule has 0 fully saturated rings. The lowest BCUT2D eigenvalue weighted by atomic mass is 10.2. The summed E-state index contributed by atoms with van der Waals surface area (Å²) in [5.41, 5.74) is 0. The second kappa shape index (κ2) is 5.51. The van der Waals surface area contributed by atoms with Crippen molar-refractivity contribution in [2.75, 3.05) is 0 Å². The molecule has 0 N–H and O–H groups in total. The van der Waals surface area contributed by atoms with E-state index in [9.17, 15) is 9.59 Å². The highest BCUT2D eigenvalue weighted by molar-refractivity contribution is 5.91. The molecule has 3 nitrogen and oxygen atoms in total. The van der Waals surface area contributed by atoms with Crippen molar-refractivity contribution in [2.24, 2.45) is 0 Å². The monoisotopic (exact) mass is 183 g/mol. The minimum Gasteiger partial charge on any atom is -0.334 e. The third-order valence-corrected chi connectivity index (χ3v) is 1.68. The summed E-state index contributed by atoms with van der Waals surface area (Å²) in [5, 5.41) is 0. The molecule has 0 aliphatic carbocycles. The molecule has 1 amide bonds. The van der Waals surface area contributed by atoms with Crippen molar-refractivity contribution in [3.63, 3.8) is 0 Å². The zero-order valence-corrected chi connectivity index (χ0v) is 8.65. The van der Waals surface area contributed by atoms with Crippen molar-refractivity contribution in [1.82, 2.24) is 4.90 Å². The van der Waals surface area contributed by atoms with E-state index in [2.05, 4.69) is 0 Å². The molecular formula is C10H17NO2. The molecule has 0 rings (SSSR count). The van der Waals surface area contributed by atoms with Gasteiger partial charge in [-0.2, -0.15) is 0 Å². The first-order chi connectivity index (χ1) is 6.00. The van der Waals surface area contributed by atoms with Crippen molar-refractivity contribution in [1.29, 1.82) is 0 Å². The molecule has 3 heteroatoms. The van der Waals surface area contributed by atoms with E-state index in [-0.39, 0.29) is 18.0 Å². The van der Waals surface area contributed by atoms with Gasteiger partial charge in [0.15, 0.2) is 0 Å². The van der Waals surface area contributed by atoms with Crippen molar-refractivity contribution in [3.05, 3.63) is 12.2 Å². The van der Waals surface area contributed by atoms with Gasteiger partial charge in [0.25, 0.3) is 0 Å². The van der Waals surface area contributed by atoms with Gasteiger partial charge in [-0.15, -0.1) is 0 Å². The number of nitrogens with zero attached hydrogens (tertiary/aromatic N) is 1. The molecule has 0 unspecified atom stereocenters. The van der Waals surface area contributed by atoms with E-state index in [1.807, 2.05) is 27.7 Å². The van der Waals surface area contributed by atoms with Crippen LogP contribution in [0.15, 0.2) is 12.2 Å². The minimum atomic E-state index is -0.114. The lowest BCUT2D eigenvalue weighted by Crippen LogP contribution is -2.41. The van der Waals surface area contributed by atoms with Gasteiger partial charge in [-0.3, -0.25) is 9.59 Å². The van der Waals surface area contributed by atoms with Crippen LogP contribution in [0.25, 0.3) is 0 Å². The first-order valence-corrected chi connectivity index (χ1v) is 4.44. The molecule has 0 spiro atoms. The molecule has 0 bridgehead atoms. The number of aldehydes is 1. The van der Waals surface area contributed by atoms with E-state index in [1.54, 1.807) is 4.90 Å². The minimum absolute atomic E-state index is 0.114. The molecule has 0 saturated heterocycles. The van der Waals surface area contributed by atoms with Crippen LogP contribution in [0.2, 0.25) is 0 Å². The summed E-state index contributed by atoms with van der Waals surface area (Å²) < 4.78 is 0. The van der Waals surface area contributed by atoms with Gasteiger partial charge in [0.2, 0.25) is 5.91 Å². The largest absolute Gasteiger partial charge is 0.334 e. The van der Waals surface area contributed by atoms with Gasteiger partial charge in [-0.25, -0.2) is 0 Å². The lowest BCUT2D eigenvalue weighted by molar-refractivity contribution is -0.129. The normalized spacial score (nSPS) is 11.2. The highest BCUT2D eigenvalue weighted by atomic mass is 16.2. The van der Waals surface area contributed by atoms with Crippen LogP contribution in [0.3, 0.4) is 0 Å². The summed E-state index contributed by atoms with van der Waals surface area (Å²) in [7, 11) is 0. The highest BCUT2D eigenvalue weighted by Gasteiger charge is 2.16. The fourth-order valence-electron chi connectivity index (χ4n) is 1.31. The van der Waals surface area contributed by atoms with Gasteiger partial charge in [-0.05, 0) is 33.8 Å². The van der Waals surface area contributed by atoms with Crippen molar-refractivity contribution < 1.29 is 9.59 Å². The molecule has 0 heterocycles. The molecule has 0 aliphatic heterocycles. The van der Waals surface area contributed by atoms with Crippen LogP contribution >= 0.6 is 0 Å². The van der Waals surface area contributed by atoms with Crippen LogP contribution in [-0.2, 0) is 9.59 Å². The highest BCUT2D eigenvalue weighted by Crippen LogP contribution is 2.05. The molecule has 0 radical (unpaired) electrons. The Morgan fingerprint density at radius 3 is 1.92 bits per heavy atom. The average molecular weight is 183 g/mol. The summed E-state index contributed by atoms with van der Waals surface area (Å²) in [5.74, 6) is -0.114. The number of amides is 1. The number of allylic oxidation sites excluding steroid dienone is 1. The Labute approximate surface area is 79.4 Å². The van der Waals surface area contributed by atoms with E-state index in [0.29, 0.717) is 6.29 Å². The molecule has 0 saturated carbocycles. The van der Waals surface area contributed by atoms with Crippen molar-refractivity contribution >= 4 is 12.2 Å². The van der Waals surface area contributed by atoms with E-state index in [4.69, 9.17) is 0 Å². The molecule has 0 aromatic carbocycles. The Hall–Kier alpha value is -1.12. The van der Waals surface area contributed by atoms with E-state index in [1.165, 1.54) is 12.2 Å². The average Bonchev–Trinajstić information content (AvgIpc) is 1.99. The smallest absolute Gasteiger partial charge is 0.247 e. The van der Waals surface area contributed by atoms with Crippen LogP contribution in [0.1, 0.15) is 27.7 Å². The van der Waals surface area contributed by atoms with E-state index < -0.39 is 0 Å². The molecule has 0 atom stereocenters. The summed E-state index contributed by atoms with van der Waals surface area (Å²) in [6.07, 6.45) is 3.13. The molecule has 0 aromatic rings. The Morgan fingerprint density at radius 2 is 1.62 bits per heavy atom. The Kier molecular flexibility index (Phi) is 5.04. The molecule has 0 aliphatic rings. The molecule has 74 valence electrons. The van der Waals surface area contributed by atoms with Crippen LogP contribution in [0.5, 0.6) is 0 Å². The Balaban J connectivity index is 4.46. The van der Waals surface area contributed by atoms with Gasteiger partial charge < -0.3 is 4.90 Å².